The lowest BCUT2D eigenvalue weighted by molar-refractivity contribution is 0.0690. The summed E-state index contributed by atoms with van der Waals surface area (Å²) in [5.41, 5.74) is 1.04. The van der Waals surface area contributed by atoms with Crippen LogP contribution in [0.2, 0.25) is 0 Å². The maximum atomic E-state index is 12.3. The average molecular weight is 298 g/mol. The fourth-order valence-electron chi connectivity index (χ4n) is 1.97. The summed E-state index contributed by atoms with van der Waals surface area (Å²) in [6.45, 7) is 3.05. The van der Waals surface area contributed by atoms with Crippen molar-refractivity contribution >= 4 is 16.0 Å². The van der Waals surface area contributed by atoms with Crippen LogP contribution in [-0.2, 0) is 16.6 Å². The van der Waals surface area contributed by atoms with E-state index in [4.69, 9.17) is 5.11 Å². The predicted molar refractivity (Wildman–Crippen MR) is 69.8 cm³/mol. The van der Waals surface area contributed by atoms with Gasteiger partial charge in [-0.25, -0.2) is 17.9 Å². The molecule has 0 spiro atoms. The molecule has 0 aliphatic carbocycles. The number of hydrogen-bond donors (Lipinski definition) is 4. The molecule has 2 aromatic heterocycles. The second-order valence-electron chi connectivity index (χ2n) is 4.32. The summed E-state index contributed by atoms with van der Waals surface area (Å²) >= 11 is 0. The van der Waals surface area contributed by atoms with E-state index in [1.165, 1.54) is 20.0 Å². The number of aromatic amines is 2. The Labute approximate surface area is 115 Å². The van der Waals surface area contributed by atoms with Crippen LogP contribution in [0.15, 0.2) is 17.3 Å². The molecule has 0 aliphatic heterocycles. The van der Waals surface area contributed by atoms with Crippen molar-refractivity contribution in [3.05, 3.63) is 34.9 Å². The summed E-state index contributed by atoms with van der Waals surface area (Å²) in [6.07, 6.45) is 3.07. The maximum Gasteiger partial charge on any atom is 0.352 e. The number of aromatic carboxylic acids is 1. The van der Waals surface area contributed by atoms with E-state index < -0.39 is 16.0 Å². The van der Waals surface area contributed by atoms with E-state index in [9.17, 15) is 13.2 Å². The van der Waals surface area contributed by atoms with Crippen molar-refractivity contribution in [2.75, 3.05) is 0 Å². The van der Waals surface area contributed by atoms with Crippen LogP contribution in [0.3, 0.4) is 0 Å². The van der Waals surface area contributed by atoms with E-state index in [1.807, 2.05) is 0 Å². The van der Waals surface area contributed by atoms with Crippen molar-refractivity contribution in [1.29, 1.82) is 0 Å². The molecule has 0 fully saturated rings. The molecule has 0 aliphatic rings. The van der Waals surface area contributed by atoms with E-state index in [-0.39, 0.29) is 22.7 Å². The van der Waals surface area contributed by atoms with E-state index in [0.29, 0.717) is 11.3 Å². The van der Waals surface area contributed by atoms with Crippen LogP contribution < -0.4 is 4.72 Å². The van der Waals surface area contributed by atoms with Gasteiger partial charge in [0.2, 0.25) is 10.0 Å². The SMILES string of the molecule is Cc1[nH]c(C(=O)O)c(C)c1S(=O)(=O)NCc1cn[nH]c1. The molecule has 20 heavy (non-hydrogen) atoms. The van der Waals surface area contributed by atoms with Gasteiger partial charge in [0.25, 0.3) is 0 Å². The third kappa shape index (κ3) is 2.58. The van der Waals surface area contributed by atoms with Crippen molar-refractivity contribution in [3.63, 3.8) is 0 Å². The molecule has 0 unspecified atom stereocenters. The largest absolute Gasteiger partial charge is 0.477 e. The molecule has 0 aromatic carbocycles. The third-order valence-corrected chi connectivity index (χ3v) is 4.55. The Hall–Kier alpha value is -2.13. The molecule has 4 N–H and O–H groups in total. The number of nitrogens with one attached hydrogen (secondary N) is 3. The standard InChI is InChI=1S/C11H14N4O4S/c1-6-9(11(16)17)15-7(2)10(6)20(18,19)14-5-8-3-12-13-4-8/h3-4,14-15H,5H2,1-2H3,(H,12,13)(H,16,17). The fourth-order valence-corrected chi connectivity index (χ4v) is 3.43. The zero-order valence-corrected chi connectivity index (χ0v) is 11.7. The van der Waals surface area contributed by atoms with Crippen molar-refractivity contribution in [1.82, 2.24) is 19.9 Å². The summed E-state index contributed by atoms with van der Waals surface area (Å²) in [5, 5.41) is 15.3. The van der Waals surface area contributed by atoms with E-state index in [1.54, 1.807) is 6.20 Å². The van der Waals surface area contributed by atoms with Gasteiger partial charge in [-0.15, -0.1) is 0 Å². The first-order valence-corrected chi connectivity index (χ1v) is 7.21. The molecule has 108 valence electrons. The molecule has 0 atom stereocenters. The second kappa shape index (κ2) is 5.10. The minimum atomic E-state index is -3.80. The first kappa shape index (κ1) is 14.3. The number of carboxylic acids is 1. The zero-order valence-electron chi connectivity index (χ0n) is 10.9. The van der Waals surface area contributed by atoms with Crippen molar-refractivity contribution < 1.29 is 18.3 Å². The molecule has 0 saturated carbocycles. The summed E-state index contributed by atoms with van der Waals surface area (Å²) in [6, 6.07) is 0. The summed E-state index contributed by atoms with van der Waals surface area (Å²) in [4.78, 5) is 13.5. The van der Waals surface area contributed by atoms with Crippen LogP contribution in [0.4, 0.5) is 0 Å². The number of rotatable bonds is 5. The van der Waals surface area contributed by atoms with Crippen LogP contribution in [-0.4, -0.2) is 34.7 Å². The highest BCUT2D eigenvalue weighted by atomic mass is 32.2. The minimum absolute atomic E-state index is 0.0293. The van der Waals surface area contributed by atoms with Gasteiger partial charge in [0.15, 0.2) is 0 Å². The van der Waals surface area contributed by atoms with Crippen LogP contribution >= 0.6 is 0 Å². The lowest BCUT2D eigenvalue weighted by atomic mass is 10.2. The summed E-state index contributed by atoms with van der Waals surface area (Å²) < 4.78 is 26.9. The number of carbonyl (C=O) groups is 1. The van der Waals surface area contributed by atoms with Crippen LogP contribution in [0, 0.1) is 13.8 Å². The molecule has 0 bridgehead atoms. The van der Waals surface area contributed by atoms with Gasteiger partial charge in [0.05, 0.1) is 6.20 Å². The van der Waals surface area contributed by atoms with E-state index in [2.05, 4.69) is 19.9 Å². The quantitative estimate of drug-likeness (QED) is 0.640. The molecular formula is C11H14N4O4S. The Bertz CT molecular complexity index is 731. The van der Waals surface area contributed by atoms with Crippen molar-refractivity contribution in [3.8, 4) is 0 Å². The Morgan fingerprint density at radius 3 is 2.65 bits per heavy atom. The Balaban J connectivity index is 2.32. The highest BCUT2D eigenvalue weighted by Gasteiger charge is 2.26. The van der Waals surface area contributed by atoms with E-state index in [0.717, 1.165) is 0 Å². The average Bonchev–Trinajstić information content (AvgIpc) is 2.95. The summed E-state index contributed by atoms with van der Waals surface area (Å²) in [5.74, 6) is -1.19. The first-order valence-electron chi connectivity index (χ1n) is 5.72. The highest BCUT2D eigenvalue weighted by molar-refractivity contribution is 7.89. The molecule has 0 saturated heterocycles. The number of carboxylic acid groups (broad SMARTS) is 1. The minimum Gasteiger partial charge on any atom is -0.477 e. The van der Waals surface area contributed by atoms with Gasteiger partial charge in [-0.2, -0.15) is 5.10 Å². The smallest absolute Gasteiger partial charge is 0.352 e. The molecule has 0 amide bonds. The van der Waals surface area contributed by atoms with Gasteiger partial charge in [-0.05, 0) is 13.8 Å². The first-order chi connectivity index (χ1) is 9.33. The fraction of sp³-hybridized carbons (Fsp3) is 0.273. The van der Waals surface area contributed by atoms with Crippen LogP contribution in [0.1, 0.15) is 27.3 Å². The molecular weight excluding hydrogens is 284 g/mol. The lowest BCUT2D eigenvalue weighted by Gasteiger charge is -2.06. The molecule has 2 aromatic rings. The number of nitrogens with zero attached hydrogens (tertiary/aromatic N) is 1. The van der Waals surface area contributed by atoms with Gasteiger partial charge in [0, 0.05) is 29.6 Å². The van der Waals surface area contributed by atoms with Gasteiger partial charge >= 0.3 is 5.97 Å². The molecule has 0 radical (unpaired) electrons. The van der Waals surface area contributed by atoms with E-state index >= 15 is 0 Å². The number of hydrogen-bond acceptors (Lipinski definition) is 4. The molecule has 2 rings (SSSR count). The normalized spacial score (nSPS) is 11.7. The van der Waals surface area contributed by atoms with Crippen molar-refractivity contribution in [2.24, 2.45) is 0 Å². The van der Waals surface area contributed by atoms with Gasteiger partial charge in [-0.3, -0.25) is 5.10 Å². The van der Waals surface area contributed by atoms with Gasteiger partial charge < -0.3 is 10.1 Å². The molecule has 9 heteroatoms. The van der Waals surface area contributed by atoms with Crippen LogP contribution in [0.25, 0.3) is 0 Å². The highest BCUT2D eigenvalue weighted by Crippen LogP contribution is 2.23. The Morgan fingerprint density at radius 2 is 2.15 bits per heavy atom. The monoisotopic (exact) mass is 298 g/mol. The topological polar surface area (TPSA) is 128 Å². The van der Waals surface area contributed by atoms with Crippen molar-refractivity contribution in [2.45, 2.75) is 25.3 Å². The maximum absolute atomic E-state index is 12.3. The van der Waals surface area contributed by atoms with Gasteiger partial charge in [0.1, 0.15) is 10.6 Å². The Morgan fingerprint density at radius 1 is 1.45 bits per heavy atom. The Kier molecular flexibility index (Phi) is 3.64. The second-order valence-corrected chi connectivity index (χ2v) is 6.02. The lowest BCUT2D eigenvalue weighted by Crippen LogP contribution is -2.24. The zero-order chi connectivity index (χ0) is 14.9. The number of aromatic nitrogens is 3. The number of H-pyrrole nitrogens is 2. The van der Waals surface area contributed by atoms with Crippen LogP contribution in [0.5, 0.6) is 0 Å². The molecule has 8 nitrogen and oxygen atoms in total. The summed E-state index contributed by atoms with van der Waals surface area (Å²) in [7, 11) is -3.80. The predicted octanol–water partition coefficient (Wildman–Crippen LogP) is 0.531. The molecule has 2 heterocycles. The number of aryl methyl sites for hydroxylation is 1. The number of sulfonamides is 1. The van der Waals surface area contributed by atoms with Gasteiger partial charge in [-0.1, -0.05) is 0 Å². The third-order valence-electron chi connectivity index (χ3n) is 2.87.